The summed E-state index contributed by atoms with van der Waals surface area (Å²) in [4.78, 5) is 15.8. The van der Waals surface area contributed by atoms with E-state index in [-0.39, 0.29) is 5.41 Å². The van der Waals surface area contributed by atoms with E-state index in [0.29, 0.717) is 5.95 Å². The molecule has 0 unspecified atom stereocenters. The summed E-state index contributed by atoms with van der Waals surface area (Å²) >= 11 is 1.84. The summed E-state index contributed by atoms with van der Waals surface area (Å²) < 4.78 is 4.76. The molecule has 11 rings (SSSR count). The molecule has 0 saturated heterocycles. The van der Waals surface area contributed by atoms with Gasteiger partial charge in [0.1, 0.15) is 0 Å². The lowest BCUT2D eigenvalue weighted by Crippen LogP contribution is -2.15. The first-order valence-corrected chi connectivity index (χ1v) is 17.5. The average Bonchev–Trinajstić information content (AvgIpc) is 3.78. The van der Waals surface area contributed by atoms with Crippen molar-refractivity contribution < 1.29 is 0 Å². The first-order chi connectivity index (χ1) is 24.1. The van der Waals surface area contributed by atoms with Gasteiger partial charge in [-0.15, -0.1) is 11.3 Å². The van der Waals surface area contributed by atoms with Crippen molar-refractivity contribution in [3.8, 4) is 28.3 Å². The highest BCUT2D eigenvalue weighted by molar-refractivity contribution is 7.27. The number of hydrogen-bond acceptors (Lipinski definition) is 4. The van der Waals surface area contributed by atoms with E-state index < -0.39 is 0 Å². The highest BCUT2D eigenvalue weighted by Gasteiger charge is 2.35. The van der Waals surface area contributed by atoms with E-state index >= 15 is 0 Å². The van der Waals surface area contributed by atoms with Gasteiger partial charge in [-0.2, -0.15) is 0 Å². The van der Waals surface area contributed by atoms with Crippen molar-refractivity contribution in [1.82, 2.24) is 19.5 Å². The van der Waals surface area contributed by atoms with Crippen molar-refractivity contribution in [2.45, 2.75) is 19.3 Å². The normalized spacial score (nSPS) is 13.7. The molecular weight excluding hydrogens is 617 g/mol. The van der Waals surface area contributed by atoms with E-state index in [9.17, 15) is 0 Å². The zero-order valence-electron chi connectivity index (χ0n) is 26.9. The number of para-hydroxylation sites is 1. The van der Waals surface area contributed by atoms with Crippen LogP contribution in [0.25, 0.3) is 92.1 Å². The largest absolute Gasteiger partial charge is 0.275 e. The molecule has 0 saturated carbocycles. The Morgan fingerprint density at radius 2 is 1.33 bits per heavy atom. The molecule has 230 valence electrons. The molecule has 49 heavy (non-hydrogen) atoms. The fraction of sp³-hybridized carbons (Fsp3) is 0.0682. The van der Waals surface area contributed by atoms with Crippen LogP contribution in [0.5, 0.6) is 0 Å². The molecule has 0 bridgehead atoms. The lowest BCUT2D eigenvalue weighted by molar-refractivity contribution is 0.660. The van der Waals surface area contributed by atoms with E-state index in [4.69, 9.17) is 15.0 Å². The minimum absolute atomic E-state index is 0.111. The molecule has 1 aliphatic rings. The molecule has 6 aromatic carbocycles. The van der Waals surface area contributed by atoms with Gasteiger partial charge in [-0.25, -0.2) is 9.97 Å². The van der Waals surface area contributed by atoms with Crippen LogP contribution in [0.1, 0.15) is 25.0 Å². The molecule has 0 radical (unpaired) electrons. The number of thiophene rings is 1. The van der Waals surface area contributed by atoms with Crippen molar-refractivity contribution in [2.24, 2.45) is 0 Å². The molecular formula is C44H28N4S. The van der Waals surface area contributed by atoms with Crippen LogP contribution in [-0.4, -0.2) is 19.5 Å². The second-order valence-corrected chi connectivity index (χ2v) is 14.7. The Morgan fingerprint density at radius 3 is 2.20 bits per heavy atom. The Balaban J connectivity index is 1.27. The van der Waals surface area contributed by atoms with Gasteiger partial charge >= 0.3 is 0 Å². The van der Waals surface area contributed by atoms with E-state index in [1.165, 1.54) is 53.2 Å². The van der Waals surface area contributed by atoms with Crippen LogP contribution in [0, 0.1) is 0 Å². The summed E-state index contributed by atoms with van der Waals surface area (Å²) in [6.07, 6.45) is 1.90. The number of nitrogens with zero attached hydrogens (tertiary/aromatic N) is 4. The summed E-state index contributed by atoms with van der Waals surface area (Å²) in [7, 11) is 0. The SMILES string of the molecule is CC1(C)c2ccccc2-c2ccc(-c3nc(-n4c5cccnc5c5c6ccccc6c6c7ccccc7sc6c54)nc4ccccc34)cc21. The fourth-order valence-electron chi connectivity index (χ4n) is 8.43. The molecule has 4 nitrogen and oxygen atoms in total. The number of hydrogen-bond donors (Lipinski definition) is 0. The smallest absolute Gasteiger partial charge is 0.235 e. The van der Waals surface area contributed by atoms with Gasteiger partial charge in [-0.05, 0) is 63.4 Å². The minimum atomic E-state index is -0.111. The maximum Gasteiger partial charge on any atom is 0.235 e. The molecule has 4 aromatic heterocycles. The number of aromatic nitrogens is 4. The van der Waals surface area contributed by atoms with Gasteiger partial charge in [0.15, 0.2) is 0 Å². The van der Waals surface area contributed by atoms with Crippen LogP contribution >= 0.6 is 11.3 Å². The second kappa shape index (κ2) is 9.59. The summed E-state index contributed by atoms with van der Waals surface area (Å²) in [6.45, 7) is 4.66. The molecule has 0 amide bonds. The third kappa shape index (κ3) is 3.55. The molecule has 0 fully saturated rings. The second-order valence-electron chi connectivity index (χ2n) is 13.6. The van der Waals surface area contributed by atoms with Crippen LogP contribution < -0.4 is 0 Å². The topological polar surface area (TPSA) is 43.6 Å². The molecule has 0 N–H and O–H groups in total. The quantitative estimate of drug-likeness (QED) is 0.188. The molecule has 5 heteroatoms. The highest BCUT2D eigenvalue weighted by Crippen LogP contribution is 2.50. The number of fused-ring (bicyclic) bond motifs is 14. The summed E-state index contributed by atoms with van der Waals surface area (Å²) in [5.41, 5.74) is 11.2. The minimum Gasteiger partial charge on any atom is -0.275 e. The highest BCUT2D eigenvalue weighted by atomic mass is 32.1. The Bertz CT molecular complexity index is 3040. The first-order valence-electron chi connectivity index (χ1n) is 16.7. The Kier molecular flexibility index (Phi) is 5.30. The maximum atomic E-state index is 5.51. The average molecular weight is 645 g/mol. The van der Waals surface area contributed by atoms with Gasteiger partial charge in [-0.3, -0.25) is 9.55 Å². The molecule has 1 aliphatic carbocycles. The van der Waals surface area contributed by atoms with Gasteiger partial charge in [0.25, 0.3) is 0 Å². The maximum absolute atomic E-state index is 5.51. The summed E-state index contributed by atoms with van der Waals surface area (Å²) in [5, 5.41) is 7.16. The Hall–Kier alpha value is -5.91. The van der Waals surface area contributed by atoms with Gasteiger partial charge in [0.05, 0.1) is 32.5 Å². The standard InChI is InChI=1S/C44H28N4S/c1-44(2)32-17-8-5-12-26(32)27-22-21-25(24-33(27)44)39-30-15-6-9-18-34(30)46-43(47-39)48-35-19-11-23-45-40(35)38-29-14-4-3-13-28(29)37-31-16-7-10-20-36(31)49-42(37)41(38)48/h3-24H,1-2H3. The molecule has 0 aliphatic heterocycles. The number of benzene rings is 6. The zero-order chi connectivity index (χ0) is 32.4. The summed E-state index contributed by atoms with van der Waals surface area (Å²) in [5.74, 6) is 0.652. The predicted octanol–water partition coefficient (Wildman–Crippen LogP) is 11.6. The monoisotopic (exact) mass is 644 g/mol. The fourth-order valence-corrected chi connectivity index (χ4v) is 9.69. The van der Waals surface area contributed by atoms with Gasteiger partial charge in [0.2, 0.25) is 5.95 Å². The van der Waals surface area contributed by atoms with E-state index in [1.54, 1.807) is 0 Å². The van der Waals surface area contributed by atoms with Crippen LogP contribution in [0.2, 0.25) is 0 Å². The first kappa shape index (κ1) is 27.1. The van der Waals surface area contributed by atoms with Crippen LogP contribution in [-0.2, 0) is 5.41 Å². The van der Waals surface area contributed by atoms with Crippen molar-refractivity contribution in [2.75, 3.05) is 0 Å². The van der Waals surface area contributed by atoms with E-state index in [2.05, 4.69) is 140 Å². The van der Waals surface area contributed by atoms with Crippen molar-refractivity contribution in [3.63, 3.8) is 0 Å². The number of rotatable bonds is 2. The van der Waals surface area contributed by atoms with Crippen LogP contribution in [0.4, 0.5) is 0 Å². The zero-order valence-corrected chi connectivity index (χ0v) is 27.7. The summed E-state index contributed by atoms with van der Waals surface area (Å²) in [6, 6.07) is 45.7. The van der Waals surface area contributed by atoms with E-state index in [0.717, 1.165) is 44.1 Å². The van der Waals surface area contributed by atoms with Gasteiger partial charge < -0.3 is 0 Å². The predicted molar refractivity (Wildman–Crippen MR) is 205 cm³/mol. The van der Waals surface area contributed by atoms with Gasteiger partial charge in [-0.1, -0.05) is 111 Å². The number of pyridine rings is 1. The third-order valence-corrected chi connectivity index (χ3v) is 11.8. The Morgan fingerprint density at radius 1 is 0.612 bits per heavy atom. The van der Waals surface area contributed by atoms with Crippen molar-refractivity contribution in [1.29, 1.82) is 0 Å². The van der Waals surface area contributed by atoms with Crippen LogP contribution in [0.15, 0.2) is 134 Å². The van der Waals surface area contributed by atoms with Crippen molar-refractivity contribution in [3.05, 3.63) is 145 Å². The van der Waals surface area contributed by atoms with Crippen LogP contribution in [0.3, 0.4) is 0 Å². The molecule has 0 atom stereocenters. The molecule has 0 spiro atoms. The molecule has 10 aromatic rings. The van der Waals surface area contributed by atoms with Gasteiger partial charge in [0, 0.05) is 43.4 Å². The Labute approximate surface area is 286 Å². The van der Waals surface area contributed by atoms with Crippen molar-refractivity contribution >= 4 is 75.1 Å². The third-order valence-electron chi connectivity index (χ3n) is 10.6. The lowest BCUT2D eigenvalue weighted by atomic mass is 9.82. The van der Waals surface area contributed by atoms with E-state index in [1.807, 2.05) is 23.6 Å². The lowest BCUT2D eigenvalue weighted by Gasteiger charge is -2.22. The molecule has 4 heterocycles.